The minimum absolute atomic E-state index is 0.0695. The first-order valence-corrected chi connectivity index (χ1v) is 10.7. The zero-order valence-electron chi connectivity index (χ0n) is 18.6. The number of hydrogen-bond acceptors (Lipinski definition) is 6. The van der Waals surface area contributed by atoms with Gasteiger partial charge < -0.3 is 14.2 Å². The van der Waals surface area contributed by atoms with Crippen molar-refractivity contribution < 1.29 is 28.6 Å². The van der Waals surface area contributed by atoms with Crippen LogP contribution in [-0.4, -0.2) is 40.9 Å². The second-order valence-corrected chi connectivity index (χ2v) is 9.31. The van der Waals surface area contributed by atoms with E-state index in [1.54, 1.807) is 45.0 Å². The molecule has 0 radical (unpaired) electrons. The van der Waals surface area contributed by atoms with E-state index in [-0.39, 0.29) is 41.0 Å². The number of esters is 1. The molecule has 1 aromatic carbocycles. The van der Waals surface area contributed by atoms with Crippen molar-refractivity contribution >= 4 is 17.5 Å². The molecule has 6 nitrogen and oxygen atoms in total. The Balaban J connectivity index is 1.48. The number of epoxide rings is 1. The molecule has 0 bridgehead atoms. The van der Waals surface area contributed by atoms with E-state index in [1.165, 1.54) is 0 Å². The van der Waals surface area contributed by atoms with Crippen LogP contribution in [0.25, 0.3) is 0 Å². The molecule has 3 aliphatic rings. The second kappa shape index (κ2) is 7.45. The summed E-state index contributed by atoms with van der Waals surface area (Å²) in [6.45, 7) is 9.34. The van der Waals surface area contributed by atoms with Crippen LogP contribution in [0.1, 0.15) is 74.6 Å². The zero-order chi connectivity index (χ0) is 22.6. The van der Waals surface area contributed by atoms with Crippen LogP contribution in [-0.2, 0) is 19.0 Å². The van der Waals surface area contributed by atoms with E-state index < -0.39 is 17.7 Å². The molecule has 0 spiro atoms. The van der Waals surface area contributed by atoms with Crippen molar-refractivity contribution in [2.45, 2.75) is 77.3 Å². The molecule has 2 aliphatic heterocycles. The third kappa shape index (κ3) is 3.85. The number of allylic oxidation sites excluding steroid dienone is 2. The summed E-state index contributed by atoms with van der Waals surface area (Å²) in [5, 5.41) is 0. The molecular weight excluding hydrogens is 396 g/mol. The SMILES string of the molecule is C/C(=C\CC[C@@]1(C)O[C@@H]1C)C(=O)O[C@@H]1CC2=C(OC1(C)C)C(=O)c1ccccc1C2=O. The lowest BCUT2D eigenvalue weighted by Gasteiger charge is -2.40. The minimum atomic E-state index is -0.943. The summed E-state index contributed by atoms with van der Waals surface area (Å²) in [7, 11) is 0. The highest BCUT2D eigenvalue weighted by Gasteiger charge is 2.48. The molecule has 6 heteroatoms. The fraction of sp³-hybridized carbons (Fsp3) is 0.480. The summed E-state index contributed by atoms with van der Waals surface area (Å²) in [6, 6.07) is 6.71. The summed E-state index contributed by atoms with van der Waals surface area (Å²) in [6.07, 6.45) is 3.11. The van der Waals surface area contributed by atoms with E-state index in [1.807, 2.05) is 13.0 Å². The van der Waals surface area contributed by atoms with Crippen molar-refractivity contribution in [1.82, 2.24) is 0 Å². The lowest BCUT2D eigenvalue weighted by Crippen LogP contribution is -2.48. The smallest absolute Gasteiger partial charge is 0.333 e. The van der Waals surface area contributed by atoms with E-state index in [9.17, 15) is 14.4 Å². The number of fused-ring (bicyclic) bond motifs is 1. The first-order valence-electron chi connectivity index (χ1n) is 10.7. The van der Waals surface area contributed by atoms with Crippen LogP contribution < -0.4 is 0 Å². The Labute approximate surface area is 182 Å². The Morgan fingerprint density at radius 2 is 1.77 bits per heavy atom. The van der Waals surface area contributed by atoms with Gasteiger partial charge in [-0.25, -0.2) is 4.79 Å². The largest absolute Gasteiger partial charge is 0.479 e. The lowest BCUT2D eigenvalue weighted by atomic mass is 9.81. The topological polar surface area (TPSA) is 82.2 Å². The number of carbonyl (C=O) groups excluding carboxylic acids is 3. The number of ether oxygens (including phenoxy) is 3. The quantitative estimate of drug-likeness (QED) is 0.397. The van der Waals surface area contributed by atoms with E-state index in [0.717, 1.165) is 6.42 Å². The van der Waals surface area contributed by atoms with Crippen LogP contribution >= 0.6 is 0 Å². The van der Waals surface area contributed by atoms with Gasteiger partial charge >= 0.3 is 5.97 Å². The van der Waals surface area contributed by atoms with Crippen molar-refractivity contribution in [3.8, 4) is 0 Å². The first-order chi connectivity index (χ1) is 14.5. The Hall–Kier alpha value is -2.73. The summed E-state index contributed by atoms with van der Waals surface area (Å²) >= 11 is 0. The van der Waals surface area contributed by atoms with Crippen LogP contribution in [0.5, 0.6) is 0 Å². The van der Waals surface area contributed by atoms with Gasteiger partial charge in [0.05, 0.1) is 17.3 Å². The van der Waals surface area contributed by atoms with Gasteiger partial charge in [-0.15, -0.1) is 0 Å². The van der Waals surface area contributed by atoms with Gasteiger partial charge in [-0.3, -0.25) is 9.59 Å². The average Bonchev–Trinajstić information content (AvgIpc) is 3.32. The number of rotatable bonds is 5. The normalized spacial score (nSPS) is 29.1. The Kier molecular flexibility index (Phi) is 5.16. The number of Topliss-reactive ketones (excluding diaryl/α,β-unsaturated/α-hetero) is 2. The molecule has 4 rings (SSSR count). The molecule has 0 N–H and O–H groups in total. The summed E-state index contributed by atoms with van der Waals surface area (Å²) in [5.41, 5.74) is 0.438. The number of carbonyl (C=O) groups is 3. The highest BCUT2D eigenvalue weighted by molar-refractivity contribution is 6.26. The fourth-order valence-electron chi connectivity index (χ4n) is 4.15. The number of benzene rings is 1. The zero-order valence-corrected chi connectivity index (χ0v) is 18.6. The van der Waals surface area contributed by atoms with Gasteiger partial charge in [0.25, 0.3) is 0 Å². The van der Waals surface area contributed by atoms with Gasteiger partial charge in [0.2, 0.25) is 5.78 Å². The molecule has 1 fully saturated rings. The van der Waals surface area contributed by atoms with Crippen molar-refractivity contribution in [2.24, 2.45) is 0 Å². The highest BCUT2D eigenvalue weighted by atomic mass is 16.6. The Morgan fingerprint density at radius 3 is 2.39 bits per heavy atom. The van der Waals surface area contributed by atoms with Gasteiger partial charge in [-0.1, -0.05) is 30.3 Å². The molecule has 1 aromatic rings. The van der Waals surface area contributed by atoms with Crippen LogP contribution in [0.2, 0.25) is 0 Å². The molecule has 0 unspecified atom stereocenters. The van der Waals surface area contributed by atoms with Crippen molar-refractivity contribution in [2.75, 3.05) is 0 Å². The maximum atomic E-state index is 13.0. The predicted octanol–water partition coefficient (Wildman–Crippen LogP) is 4.33. The highest BCUT2D eigenvalue weighted by Crippen LogP contribution is 2.41. The van der Waals surface area contributed by atoms with E-state index in [4.69, 9.17) is 14.2 Å². The van der Waals surface area contributed by atoms with Gasteiger partial charge in [0.1, 0.15) is 11.7 Å². The summed E-state index contributed by atoms with van der Waals surface area (Å²) in [5.74, 6) is -0.930. The maximum absolute atomic E-state index is 13.0. The molecule has 0 aromatic heterocycles. The van der Waals surface area contributed by atoms with Gasteiger partial charge in [-0.05, 0) is 47.5 Å². The average molecular weight is 424 g/mol. The Morgan fingerprint density at radius 1 is 1.16 bits per heavy atom. The predicted molar refractivity (Wildman–Crippen MR) is 114 cm³/mol. The van der Waals surface area contributed by atoms with Crippen molar-refractivity contribution in [1.29, 1.82) is 0 Å². The summed E-state index contributed by atoms with van der Waals surface area (Å²) in [4.78, 5) is 38.6. The maximum Gasteiger partial charge on any atom is 0.333 e. The number of hydrogen-bond donors (Lipinski definition) is 0. The van der Waals surface area contributed by atoms with E-state index in [0.29, 0.717) is 23.1 Å². The van der Waals surface area contributed by atoms with E-state index >= 15 is 0 Å². The van der Waals surface area contributed by atoms with E-state index in [2.05, 4.69) is 6.92 Å². The monoisotopic (exact) mass is 424 g/mol. The van der Waals surface area contributed by atoms with Crippen LogP contribution in [0.4, 0.5) is 0 Å². The molecule has 1 aliphatic carbocycles. The third-order valence-corrected chi connectivity index (χ3v) is 6.61. The molecular formula is C25H28O6. The van der Waals surface area contributed by atoms with Gasteiger partial charge in [0, 0.05) is 23.1 Å². The van der Waals surface area contributed by atoms with Crippen LogP contribution in [0, 0.1) is 0 Å². The molecule has 0 amide bonds. The lowest BCUT2D eigenvalue weighted by molar-refractivity contribution is -0.161. The van der Waals surface area contributed by atoms with Gasteiger partial charge in [0.15, 0.2) is 11.5 Å². The molecule has 31 heavy (non-hydrogen) atoms. The van der Waals surface area contributed by atoms with Crippen LogP contribution in [0.3, 0.4) is 0 Å². The van der Waals surface area contributed by atoms with Crippen LogP contribution in [0.15, 0.2) is 47.2 Å². The fourth-order valence-corrected chi connectivity index (χ4v) is 4.15. The standard InChI is InChI=1S/C25H28O6/c1-14(9-8-12-25(5)15(2)30-25)23(28)29-19-13-18-20(26)16-10-6-7-11-17(16)21(27)22(18)31-24(19,3)4/h6-7,9-11,15,19H,8,12-13H2,1-5H3/b14-9+/t15-,19-,25-/m1/s1. The Bertz CT molecular complexity index is 1030. The van der Waals surface area contributed by atoms with Gasteiger partial charge in [-0.2, -0.15) is 0 Å². The molecule has 1 saturated heterocycles. The van der Waals surface area contributed by atoms with Crippen molar-refractivity contribution in [3.05, 3.63) is 58.4 Å². The molecule has 2 heterocycles. The minimum Gasteiger partial charge on any atom is -0.479 e. The molecule has 164 valence electrons. The molecule has 0 saturated carbocycles. The second-order valence-electron chi connectivity index (χ2n) is 9.31. The number of ketones is 2. The summed E-state index contributed by atoms with van der Waals surface area (Å²) < 4.78 is 17.3. The molecule has 3 atom stereocenters. The first kappa shape index (κ1) is 21.5. The van der Waals surface area contributed by atoms with Crippen molar-refractivity contribution in [3.63, 3.8) is 0 Å². The third-order valence-electron chi connectivity index (χ3n) is 6.61.